The summed E-state index contributed by atoms with van der Waals surface area (Å²) >= 11 is -0.971. The quantitative estimate of drug-likeness (QED) is 0.524. The molecule has 1 aliphatic carbocycles. The van der Waals surface area contributed by atoms with Gasteiger partial charge in [0.05, 0.1) is 6.54 Å². The average molecular weight is 442 g/mol. The minimum Gasteiger partial charge on any atom is -0.755 e. The summed E-state index contributed by atoms with van der Waals surface area (Å²) in [4.78, 5) is 12.6. The zero-order chi connectivity index (χ0) is 20.9. The van der Waals surface area contributed by atoms with Gasteiger partial charge in [-0.25, -0.2) is 0 Å². The second kappa shape index (κ2) is 9.73. The Balaban J connectivity index is 1.46. The number of amides is 1. The lowest BCUT2D eigenvalue weighted by Crippen LogP contribution is -2.30. The van der Waals surface area contributed by atoms with Crippen LogP contribution in [0, 0.1) is 5.92 Å². The normalized spacial score (nSPS) is 15.8. The van der Waals surface area contributed by atoms with Crippen molar-refractivity contribution in [3.05, 3.63) is 65.7 Å². The molecule has 1 aromatic heterocycles. The molecular weight excluding hydrogens is 416 g/mol. The third-order valence-electron chi connectivity index (χ3n) is 5.63. The van der Waals surface area contributed by atoms with Crippen molar-refractivity contribution in [1.82, 2.24) is 5.32 Å². The van der Waals surface area contributed by atoms with Crippen molar-refractivity contribution in [2.24, 2.45) is 5.92 Å². The molecule has 0 aliphatic heterocycles. The Morgan fingerprint density at radius 3 is 2.67 bits per heavy atom. The van der Waals surface area contributed by atoms with Crippen LogP contribution in [0.5, 0.6) is 0 Å². The van der Waals surface area contributed by atoms with E-state index in [2.05, 4.69) is 5.32 Å². The third-order valence-corrected chi connectivity index (χ3v) is 7.57. The van der Waals surface area contributed by atoms with Gasteiger partial charge in [0.2, 0.25) is 0 Å². The molecule has 0 spiro atoms. The Kier molecular flexibility index (Phi) is 6.82. The molecule has 7 heteroatoms. The average Bonchev–Trinajstić information content (AvgIpc) is 3.20. The highest BCUT2D eigenvalue weighted by molar-refractivity contribution is 7.80. The van der Waals surface area contributed by atoms with E-state index in [1.165, 1.54) is 47.7 Å². The van der Waals surface area contributed by atoms with Crippen LogP contribution in [0.2, 0.25) is 0 Å². The lowest BCUT2D eigenvalue weighted by Gasteiger charge is -2.25. The minimum absolute atomic E-state index is 0.0981. The van der Waals surface area contributed by atoms with Crippen molar-refractivity contribution in [1.29, 1.82) is 0 Å². The molecule has 1 unspecified atom stereocenters. The molecule has 0 saturated heterocycles. The molecule has 0 bridgehead atoms. The van der Waals surface area contributed by atoms with Crippen LogP contribution in [0.25, 0.3) is 10.1 Å². The van der Waals surface area contributed by atoms with Gasteiger partial charge in [0.1, 0.15) is 5.00 Å². The molecule has 1 atom stereocenters. The Morgan fingerprint density at radius 2 is 1.90 bits per heavy atom. The van der Waals surface area contributed by atoms with Crippen molar-refractivity contribution in [2.45, 2.75) is 38.6 Å². The van der Waals surface area contributed by atoms with E-state index < -0.39 is 11.3 Å². The molecule has 0 radical (unpaired) electrons. The van der Waals surface area contributed by atoms with Gasteiger partial charge < -0.3 is 9.87 Å². The van der Waals surface area contributed by atoms with E-state index in [1.54, 1.807) is 12.1 Å². The standard InChI is InChI=1S/C23H26N2O3S2/c26-23(24-15-17-7-2-1-3-8-17)20-11-6-9-18(13-20)16-25(30(27)28)22-14-19-10-4-5-12-21(19)29-22/h4-6,9-14,17H,1-3,7-8,15-16H2,(H,24,26)(H,27,28)/p-1. The first-order valence-electron chi connectivity index (χ1n) is 10.3. The maximum atomic E-state index is 12.6. The Bertz CT molecular complexity index is 1010. The lowest BCUT2D eigenvalue weighted by atomic mass is 9.89. The number of hydrogen-bond donors (Lipinski definition) is 1. The second-order valence-electron chi connectivity index (χ2n) is 7.79. The number of carbonyl (C=O) groups excluding carboxylic acids is 1. The lowest BCUT2D eigenvalue weighted by molar-refractivity contribution is 0.0943. The molecule has 1 N–H and O–H groups in total. The fourth-order valence-corrected chi connectivity index (χ4v) is 5.72. The first-order chi connectivity index (χ1) is 14.6. The van der Waals surface area contributed by atoms with Crippen LogP contribution in [0.3, 0.4) is 0 Å². The predicted molar refractivity (Wildman–Crippen MR) is 122 cm³/mol. The van der Waals surface area contributed by atoms with Crippen LogP contribution in [0.1, 0.15) is 48.0 Å². The summed E-state index contributed by atoms with van der Waals surface area (Å²) < 4.78 is 26.2. The molecule has 1 fully saturated rings. The second-order valence-corrected chi connectivity index (χ2v) is 9.73. The topological polar surface area (TPSA) is 72.5 Å². The highest BCUT2D eigenvalue weighted by atomic mass is 32.2. The van der Waals surface area contributed by atoms with Crippen molar-refractivity contribution in [2.75, 3.05) is 10.8 Å². The van der Waals surface area contributed by atoms with E-state index in [0.717, 1.165) is 15.6 Å². The van der Waals surface area contributed by atoms with Gasteiger partial charge in [0.15, 0.2) is 0 Å². The highest BCUT2D eigenvalue weighted by Gasteiger charge is 2.16. The molecular formula is C23H25N2O3S2-. The monoisotopic (exact) mass is 441 g/mol. The van der Waals surface area contributed by atoms with Crippen molar-refractivity contribution in [3.8, 4) is 0 Å². The van der Waals surface area contributed by atoms with Crippen LogP contribution in [-0.2, 0) is 17.8 Å². The molecule has 2 aromatic carbocycles. The van der Waals surface area contributed by atoms with Gasteiger partial charge in [-0.1, -0.05) is 49.6 Å². The maximum absolute atomic E-state index is 12.6. The zero-order valence-corrected chi connectivity index (χ0v) is 18.3. The number of rotatable bonds is 7. The van der Waals surface area contributed by atoms with Crippen molar-refractivity contribution < 1.29 is 13.6 Å². The molecule has 1 saturated carbocycles. The summed E-state index contributed by atoms with van der Waals surface area (Å²) in [7, 11) is 0. The predicted octanol–water partition coefficient (Wildman–Crippen LogP) is 5.01. The summed E-state index contributed by atoms with van der Waals surface area (Å²) in [6, 6.07) is 16.9. The summed E-state index contributed by atoms with van der Waals surface area (Å²) in [6.45, 7) is 0.897. The van der Waals surface area contributed by atoms with E-state index in [-0.39, 0.29) is 12.5 Å². The van der Waals surface area contributed by atoms with Gasteiger partial charge in [-0.05, 0) is 54.0 Å². The first-order valence-corrected chi connectivity index (χ1v) is 12.2. The third kappa shape index (κ3) is 5.09. The van der Waals surface area contributed by atoms with Gasteiger partial charge in [0.25, 0.3) is 5.91 Å². The maximum Gasteiger partial charge on any atom is 0.251 e. The van der Waals surface area contributed by atoms with Gasteiger partial charge >= 0.3 is 0 Å². The van der Waals surface area contributed by atoms with E-state index in [1.807, 2.05) is 42.5 Å². The van der Waals surface area contributed by atoms with E-state index >= 15 is 0 Å². The Morgan fingerprint density at radius 1 is 1.10 bits per heavy atom. The number of nitrogens with zero attached hydrogens (tertiary/aromatic N) is 1. The SMILES string of the molecule is O=C(NCC1CCCCC1)c1cccc(CN(c2cc3ccccc3s2)S(=O)[O-])c1. The Labute approximate surface area is 183 Å². The number of carbonyl (C=O) groups is 1. The van der Waals surface area contributed by atoms with Crippen LogP contribution < -0.4 is 9.62 Å². The van der Waals surface area contributed by atoms with Crippen molar-refractivity contribution >= 4 is 43.6 Å². The number of anilines is 1. The largest absolute Gasteiger partial charge is 0.755 e. The zero-order valence-electron chi connectivity index (χ0n) is 16.7. The smallest absolute Gasteiger partial charge is 0.251 e. The van der Waals surface area contributed by atoms with Gasteiger partial charge in [-0.2, -0.15) is 0 Å². The van der Waals surface area contributed by atoms with Crippen LogP contribution in [-0.4, -0.2) is 21.2 Å². The fraction of sp³-hybridized carbons (Fsp3) is 0.348. The molecule has 1 aliphatic rings. The highest BCUT2D eigenvalue weighted by Crippen LogP contribution is 2.33. The molecule has 1 amide bonds. The summed E-state index contributed by atoms with van der Waals surface area (Å²) in [5.41, 5.74) is 1.35. The molecule has 1 heterocycles. The van der Waals surface area contributed by atoms with E-state index in [0.29, 0.717) is 23.0 Å². The van der Waals surface area contributed by atoms with Gasteiger partial charge in [0, 0.05) is 28.1 Å². The summed E-state index contributed by atoms with van der Waals surface area (Å²) in [6.07, 6.45) is 6.15. The van der Waals surface area contributed by atoms with Crippen molar-refractivity contribution in [3.63, 3.8) is 0 Å². The molecule has 3 aromatic rings. The number of fused-ring (bicyclic) bond motifs is 1. The minimum atomic E-state index is -2.41. The van der Waals surface area contributed by atoms with E-state index in [4.69, 9.17) is 0 Å². The van der Waals surface area contributed by atoms with Gasteiger partial charge in [-0.15, -0.1) is 11.3 Å². The molecule has 4 rings (SSSR count). The first kappa shape index (κ1) is 21.0. The number of hydrogen-bond acceptors (Lipinski definition) is 4. The van der Waals surface area contributed by atoms with E-state index in [9.17, 15) is 13.6 Å². The summed E-state index contributed by atoms with van der Waals surface area (Å²) in [5, 5.41) is 4.73. The molecule has 158 valence electrons. The number of thiophene rings is 1. The van der Waals surface area contributed by atoms with Crippen LogP contribution in [0.15, 0.2) is 54.6 Å². The number of nitrogens with one attached hydrogen (secondary N) is 1. The fourth-order valence-electron chi connectivity index (χ4n) is 4.00. The Hall–Kier alpha value is -2.22. The van der Waals surface area contributed by atoms with Crippen LogP contribution in [0.4, 0.5) is 5.00 Å². The van der Waals surface area contributed by atoms with Gasteiger partial charge in [-0.3, -0.25) is 13.3 Å². The number of benzene rings is 2. The summed E-state index contributed by atoms with van der Waals surface area (Å²) in [5.74, 6) is 0.469. The van der Waals surface area contributed by atoms with Crippen LogP contribution >= 0.6 is 11.3 Å². The molecule has 30 heavy (non-hydrogen) atoms. The molecule has 5 nitrogen and oxygen atoms in total.